The Bertz CT molecular complexity index is 666. The van der Waals surface area contributed by atoms with Crippen molar-refractivity contribution in [2.75, 3.05) is 32.4 Å². The van der Waals surface area contributed by atoms with Crippen LogP contribution in [0.4, 0.5) is 0 Å². The van der Waals surface area contributed by atoms with Gasteiger partial charge in [-0.3, -0.25) is 9.59 Å². The molecule has 2 saturated heterocycles. The predicted octanol–water partition coefficient (Wildman–Crippen LogP) is 3.29. The average Bonchev–Trinajstić information content (AvgIpc) is 2.97. The van der Waals surface area contributed by atoms with Gasteiger partial charge in [0.05, 0.1) is 5.25 Å². The number of benzene rings is 1. The smallest absolute Gasteiger partial charge is 0.235 e. The van der Waals surface area contributed by atoms with Gasteiger partial charge in [0.1, 0.15) is 0 Å². The summed E-state index contributed by atoms with van der Waals surface area (Å²) in [5.74, 6) is 0.485. The molecule has 3 rings (SSSR count). The second-order valence-electron chi connectivity index (χ2n) is 7.47. The first-order chi connectivity index (χ1) is 12.5. The fourth-order valence-corrected chi connectivity index (χ4v) is 4.27. The molecule has 4 nitrogen and oxygen atoms in total. The average molecular weight is 373 g/mol. The van der Waals surface area contributed by atoms with Crippen LogP contribution < -0.4 is 0 Å². The summed E-state index contributed by atoms with van der Waals surface area (Å²) >= 11 is 1.60. The van der Waals surface area contributed by atoms with Crippen molar-refractivity contribution in [2.24, 2.45) is 5.41 Å². The van der Waals surface area contributed by atoms with E-state index in [0.717, 1.165) is 38.0 Å². The van der Waals surface area contributed by atoms with E-state index in [2.05, 4.69) is 24.3 Å². The highest BCUT2D eigenvalue weighted by Crippen LogP contribution is 2.41. The van der Waals surface area contributed by atoms with E-state index in [1.165, 1.54) is 0 Å². The van der Waals surface area contributed by atoms with Crippen LogP contribution in [-0.2, 0) is 9.59 Å². The van der Waals surface area contributed by atoms with E-state index in [4.69, 9.17) is 0 Å². The molecule has 0 aliphatic carbocycles. The molecule has 0 aromatic heterocycles. The number of thioether (sulfide) groups is 1. The van der Waals surface area contributed by atoms with Crippen LogP contribution in [0.2, 0.25) is 0 Å². The molecule has 1 aromatic rings. The van der Waals surface area contributed by atoms with Gasteiger partial charge in [-0.15, -0.1) is 0 Å². The minimum atomic E-state index is 0.0221. The van der Waals surface area contributed by atoms with Gasteiger partial charge in [-0.2, -0.15) is 11.8 Å². The maximum atomic E-state index is 12.5. The molecule has 0 saturated carbocycles. The number of likely N-dealkylation sites (tertiary alicyclic amines) is 2. The van der Waals surface area contributed by atoms with E-state index in [1.807, 2.05) is 41.2 Å². The van der Waals surface area contributed by atoms with Crippen LogP contribution in [-0.4, -0.2) is 59.3 Å². The van der Waals surface area contributed by atoms with E-state index >= 15 is 0 Å². The Labute approximate surface area is 160 Å². The number of rotatable bonds is 5. The van der Waals surface area contributed by atoms with Crippen LogP contribution >= 0.6 is 11.8 Å². The van der Waals surface area contributed by atoms with Crippen molar-refractivity contribution in [1.29, 1.82) is 0 Å². The summed E-state index contributed by atoms with van der Waals surface area (Å²) < 4.78 is 0. The quantitative estimate of drug-likeness (QED) is 0.796. The molecular weight excluding hydrogens is 344 g/mol. The Morgan fingerprint density at radius 1 is 1.27 bits per heavy atom. The van der Waals surface area contributed by atoms with Gasteiger partial charge >= 0.3 is 0 Å². The number of piperidine rings is 1. The van der Waals surface area contributed by atoms with Crippen molar-refractivity contribution in [3.8, 4) is 0 Å². The first-order valence-corrected chi connectivity index (χ1v) is 10.6. The molecule has 2 amide bonds. The zero-order chi connectivity index (χ0) is 18.6. The molecule has 0 N–H and O–H groups in total. The zero-order valence-electron chi connectivity index (χ0n) is 15.7. The van der Waals surface area contributed by atoms with Crippen molar-refractivity contribution in [1.82, 2.24) is 9.80 Å². The zero-order valence-corrected chi connectivity index (χ0v) is 16.5. The molecular formula is C21H28N2O2S. The van der Waals surface area contributed by atoms with Crippen LogP contribution in [0, 0.1) is 5.41 Å². The van der Waals surface area contributed by atoms with E-state index < -0.39 is 0 Å². The fraction of sp³-hybridized carbons (Fsp3) is 0.524. The van der Waals surface area contributed by atoms with Gasteiger partial charge in [0.2, 0.25) is 11.8 Å². The third-order valence-electron chi connectivity index (χ3n) is 5.68. The SMILES string of the molecule is CSC(C)C(=O)N1CCC2(CC1)CC(=O)N(CC=Cc1ccccc1)C2. The highest BCUT2D eigenvalue weighted by atomic mass is 32.2. The Morgan fingerprint density at radius 3 is 2.62 bits per heavy atom. The molecule has 2 aliphatic rings. The Morgan fingerprint density at radius 2 is 1.96 bits per heavy atom. The summed E-state index contributed by atoms with van der Waals surface area (Å²) in [6.45, 7) is 5.03. The van der Waals surface area contributed by atoms with Crippen molar-refractivity contribution in [3.63, 3.8) is 0 Å². The van der Waals surface area contributed by atoms with Gasteiger partial charge in [0, 0.05) is 38.0 Å². The Hall–Kier alpha value is -1.75. The van der Waals surface area contributed by atoms with E-state index in [-0.39, 0.29) is 22.5 Å². The van der Waals surface area contributed by atoms with E-state index in [9.17, 15) is 9.59 Å². The number of carbonyl (C=O) groups excluding carboxylic acids is 2. The first kappa shape index (κ1) is 19.0. The van der Waals surface area contributed by atoms with Crippen LogP contribution in [0.25, 0.3) is 6.08 Å². The molecule has 1 spiro atoms. The minimum absolute atomic E-state index is 0.0221. The van der Waals surface area contributed by atoms with Crippen LogP contribution in [0.15, 0.2) is 36.4 Å². The van der Waals surface area contributed by atoms with Gasteiger partial charge in [-0.05, 0) is 31.6 Å². The Balaban J connectivity index is 1.53. The van der Waals surface area contributed by atoms with Crippen LogP contribution in [0.1, 0.15) is 31.7 Å². The van der Waals surface area contributed by atoms with Gasteiger partial charge in [0.25, 0.3) is 0 Å². The fourth-order valence-electron chi connectivity index (χ4n) is 3.92. The van der Waals surface area contributed by atoms with Crippen molar-refractivity contribution in [3.05, 3.63) is 42.0 Å². The number of amides is 2. The lowest BCUT2D eigenvalue weighted by atomic mass is 9.77. The monoisotopic (exact) mass is 372 g/mol. The molecule has 26 heavy (non-hydrogen) atoms. The van der Waals surface area contributed by atoms with Gasteiger partial charge < -0.3 is 9.80 Å². The van der Waals surface area contributed by atoms with Crippen LogP contribution in [0.3, 0.4) is 0 Å². The molecule has 2 aliphatic heterocycles. The molecule has 1 aromatic carbocycles. The summed E-state index contributed by atoms with van der Waals surface area (Å²) in [6.07, 6.45) is 8.63. The number of carbonyl (C=O) groups is 2. The second kappa shape index (κ2) is 8.30. The molecule has 2 fully saturated rings. The third kappa shape index (κ3) is 4.32. The largest absolute Gasteiger partial charge is 0.342 e. The topological polar surface area (TPSA) is 40.6 Å². The summed E-state index contributed by atoms with van der Waals surface area (Å²) in [7, 11) is 0. The summed E-state index contributed by atoms with van der Waals surface area (Å²) in [4.78, 5) is 28.8. The predicted molar refractivity (Wildman–Crippen MR) is 108 cm³/mol. The first-order valence-electron chi connectivity index (χ1n) is 9.34. The van der Waals surface area contributed by atoms with E-state index in [0.29, 0.717) is 13.0 Å². The number of hydrogen-bond donors (Lipinski definition) is 0. The van der Waals surface area contributed by atoms with Gasteiger partial charge in [-0.25, -0.2) is 0 Å². The summed E-state index contributed by atoms with van der Waals surface area (Å²) in [6, 6.07) is 10.2. The Kier molecular flexibility index (Phi) is 6.07. The van der Waals surface area contributed by atoms with Gasteiger partial charge in [-0.1, -0.05) is 42.5 Å². The highest BCUT2D eigenvalue weighted by molar-refractivity contribution is 7.99. The molecule has 0 bridgehead atoms. The third-order valence-corrected chi connectivity index (χ3v) is 6.59. The van der Waals surface area contributed by atoms with Crippen molar-refractivity contribution < 1.29 is 9.59 Å². The maximum absolute atomic E-state index is 12.5. The molecule has 1 atom stereocenters. The van der Waals surface area contributed by atoms with Gasteiger partial charge in [0.15, 0.2) is 0 Å². The molecule has 1 unspecified atom stereocenters. The summed E-state index contributed by atoms with van der Waals surface area (Å²) in [5, 5.41) is 0.0221. The standard InChI is InChI=1S/C21H28N2O2S/c1-17(26-2)20(25)22-13-10-21(11-14-22)15-19(24)23(16-21)12-6-9-18-7-4-3-5-8-18/h3-9,17H,10-16H2,1-2H3. The lowest BCUT2D eigenvalue weighted by molar-refractivity contribution is -0.132. The number of hydrogen-bond acceptors (Lipinski definition) is 3. The molecule has 2 heterocycles. The van der Waals surface area contributed by atoms with Crippen molar-refractivity contribution in [2.45, 2.75) is 31.4 Å². The minimum Gasteiger partial charge on any atom is -0.342 e. The molecule has 0 radical (unpaired) electrons. The van der Waals surface area contributed by atoms with E-state index in [1.54, 1.807) is 11.8 Å². The van der Waals surface area contributed by atoms with Crippen molar-refractivity contribution >= 4 is 29.7 Å². The second-order valence-corrected chi connectivity index (χ2v) is 8.65. The number of nitrogens with zero attached hydrogens (tertiary/aromatic N) is 2. The molecule has 140 valence electrons. The summed E-state index contributed by atoms with van der Waals surface area (Å²) in [5.41, 5.74) is 1.22. The normalized spacial score (nSPS) is 20.9. The lowest BCUT2D eigenvalue weighted by Gasteiger charge is -2.39. The maximum Gasteiger partial charge on any atom is 0.235 e. The highest BCUT2D eigenvalue weighted by Gasteiger charge is 2.45. The molecule has 5 heteroatoms. The lowest BCUT2D eigenvalue weighted by Crippen LogP contribution is -2.46. The van der Waals surface area contributed by atoms with Crippen LogP contribution in [0.5, 0.6) is 0 Å².